The molecule has 0 aliphatic carbocycles. The van der Waals surface area contributed by atoms with E-state index in [1.54, 1.807) is 36.4 Å². The maximum absolute atomic E-state index is 13.4. The second-order valence-electron chi connectivity index (χ2n) is 8.26. The first-order valence-electron chi connectivity index (χ1n) is 11.0. The first-order chi connectivity index (χ1) is 17.3. The fraction of sp³-hybridized carbons (Fsp3) is 0.148. The number of hydrogen-bond acceptors (Lipinski definition) is 7. The van der Waals surface area contributed by atoms with Gasteiger partial charge in [0.15, 0.2) is 5.13 Å². The highest BCUT2D eigenvalue weighted by Crippen LogP contribution is 2.45. The Morgan fingerprint density at radius 3 is 2.61 bits per heavy atom. The number of ether oxygens (including phenoxy) is 2. The van der Waals surface area contributed by atoms with Gasteiger partial charge in [-0.2, -0.15) is 0 Å². The first kappa shape index (κ1) is 23.8. The number of aryl methyl sites for hydroxylation is 1. The molecular formula is C27H21ClN2O5S. The second-order valence-corrected chi connectivity index (χ2v) is 9.68. The predicted octanol–water partition coefficient (Wildman–Crippen LogP) is 5.90. The van der Waals surface area contributed by atoms with Gasteiger partial charge in [-0.1, -0.05) is 41.1 Å². The molecule has 4 aromatic rings. The van der Waals surface area contributed by atoms with E-state index >= 15 is 0 Å². The summed E-state index contributed by atoms with van der Waals surface area (Å²) in [6.45, 7) is 1.97. The SMILES string of the molecule is COc1cccc(C2/C(=C(\O)c3ccc(Cl)c(OC)c3)C(=O)C(=O)N2c2nc3ccc(C)cc3s2)c1. The smallest absolute Gasteiger partial charge is 0.301 e. The molecule has 36 heavy (non-hydrogen) atoms. The van der Waals surface area contributed by atoms with Crippen LogP contribution in [-0.2, 0) is 9.59 Å². The number of carbonyl (C=O) groups is 2. The number of methoxy groups -OCH3 is 2. The molecule has 7 nitrogen and oxygen atoms in total. The molecule has 5 rings (SSSR count). The largest absolute Gasteiger partial charge is 0.507 e. The normalized spacial score (nSPS) is 17.1. The van der Waals surface area contributed by atoms with Crippen molar-refractivity contribution in [1.29, 1.82) is 0 Å². The van der Waals surface area contributed by atoms with Gasteiger partial charge in [0.2, 0.25) is 0 Å². The summed E-state index contributed by atoms with van der Waals surface area (Å²) in [6, 6.07) is 16.6. The maximum Gasteiger partial charge on any atom is 0.301 e. The van der Waals surface area contributed by atoms with Gasteiger partial charge in [0, 0.05) is 5.56 Å². The third-order valence-electron chi connectivity index (χ3n) is 6.02. The number of ketones is 1. The highest BCUT2D eigenvalue weighted by Gasteiger charge is 2.48. The summed E-state index contributed by atoms with van der Waals surface area (Å²) in [6.07, 6.45) is 0. The van der Waals surface area contributed by atoms with E-state index in [-0.39, 0.29) is 11.3 Å². The van der Waals surface area contributed by atoms with Crippen molar-refractivity contribution in [3.63, 3.8) is 0 Å². The molecule has 0 radical (unpaired) electrons. The zero-order chi connectivity index (χ0) is 25.6. The standard InChI is InChI=1S/C27H21ClN2O5S/c1-14-7-10-19-21(11-14)36-27(29-19)30-23(15-5-4-6-17(12-15)34-2)22(25(32)26(30)33)24(31)16-8-9-18(28)20(13-16)35-3/h4-13,23,31H,1-3H3/b24-22+. The van der Waals surface area contributed by atoms with Crippen LogP contribution in [0.5, 0.6) is 11.5 Å². The number of Topliss-reactive ketones (excluding diaryl/α,β-unsaturated/α-hetero) is 1. The Morgan fingerprint density at radius 1 is 1.06 bits per heavy atom. The molecule has 182 valence electrons. The Balaban J connectivity index is 1.74. The van der Waals surface area contributed by atoms with E-state index in [9.17, 15) is 14.7 Å². The average molecular weight is 521 g/mol. The van der Waals surface area contributed by atoms with Crippen LogP contribution in [-0.4, -0.2) is 36.0 Å². The lowest BCUT2D eigenvalue weighted by Crippen LogP contribution is -2.29. The van der Waals surface area contributed by atoms with Gasteiger partial charge in [-0.3, -0.25) is 14.5 Å². The minimum Gasteiger partial charge on any atom is -0.507 e. The van der Waals surface area contributed by atoms with Gasteiger partial charge in [-0.05, 0) is 60.5 Å². The number of benzene rings is 3. The van der Waals surface area contributed by atoms with E-state index in [0.29, 0.717) is 38.3 Å². The van der Waals surface area contributed by atoms with Crippen molar-refractivity contribution in [2.24, 2.45) is 0 Å². The number of rotatable bonds is 5. The van der Waals surface area contributed by atoms with Crippen molar-refractivity contribution in [3.8, 4) is 11.5 Å². The van der Waals surface area contributed by atoms with Crippen LogP contribution in [0, 0.1) is 6.92 Å². The molecule has 1 unspecified atom stereocenters. The molecular weight excluding hydrogens is 500 g/mol. The van der Waals surface area contributed by atoms with Crippen LogP contribution >= 0.6 is 22.9 Å². The van der Waals surface area contributed by atoms with Crippen LogP contribution in [0.15, 0.2) is 66.2 Å². The number of fused-ring (bicyclic) bond motifs is 1. The minimum atomic E-state index is -0.927. The molecule has 0 bridgehead atoms. The van der Waals surface area contributed by atoms with E-state index in [4.69, 9.17) is 21.1 Å². The zero-order valence-electron chi connectivity index (χ0n) is 19.6. The van der Waals surface area contributed by atoms with Crippen molar-refractivity contribution in [2.45, 2.75) is 13.0 Å². The quantitative estimate of drug-likeness (QED) is 0.200. The number of thiazole rings is 1. The summed E-state index contributed by atoms with van der Waals surface area (Å²) in [5, 5.41) is 12.1. The molecule has 9 heteroatoms. The van der Waals surface area contributed by atoms with Gasteiger partial charge in [-0.15, -0.1) is 0 Å². The Morgan fingerprint density at radius 2 is 1.86 bits per heavy atom. The van der Waals surface area contributed by atoms with Gasteiger partial charge in [0.05, 0.1) is 41.1 Å². The van der Waals surface area contributed by atoms with Gasteiger partial charge in [-0.25, -0.2) is 4.98 Å². The highest BCUT2D eigenvalue weighted by atomic mass is 35.5. The number of nitrogens with zero attached hydrogens (tertiary/aromatic N) is 2. The van der Waals surface area contributed by atoms with E-state index in [0.717, 1.165) is 10.3 Å². The van der Waals surface area contributed by atoms with Crippen molar-refractivity contribution < 1.29 is 24.2 Å². The predicted molar refractivity (Wildman–Crippen MR) is 140 cm³/mol. The van der Waals surface area contributed by atoms with Crippen LogP contribution in [0.25, 0.3) is 16.0 Å². The number of aliphatic hydroxyl groups excluding tert-OH is 1. The van der Waals surface area contributed by atoms with Crippen LogP contribution in [0.1, 0.15) is 22.7 Å². The zero-order valence-corrected chi connectivity index (χ0v) is 21.2. The molecule has 1 aromatic heterocycles. The molecule has 1 aliphatic heterocycles. The molecule has 3 aromatic carbocycles. The Labute approximate surface area is 216 Å². The highest BCUT2D eigenvalue weighted by molar-refractivity contribution is 7.22. The number of aromatic nitrogens is 1. The van der Waals surface area contributed by atoms with Crippen molar-refractivity contribution in [1.82, 2.24) is 4.98 Å². The van der Waals surface area contributed by atoms with Crippen LogP contribution in [0.4, 0.5) is 5.13 Å². The Kier molecular flexibility index (Phi) is 6.15. The number of hydrogen-bond donors (Lipinski definition) is 1. The lowest BCUT2D eigenvalue weighted by Gasteiger charge is -2.23. The fourth-order valence-electron chi connectivity index (χ4n) is 4.24. The third-order valence-corrected chi connectivity index (χ3v) is 7.35. The third kappa shape index (κ3) is 3.98. The molecule has 1 fully saturated rings. The number of carbonyl (C=O) groups excluding carboxylic acids is 2. The fourth-order valence-corrected chi connectivity index (χ4v) is 5.53. The summed E-state index contributed by atoms with van der Waals surface area (Å²) in [7, 11) is 2.99. The Bertz CT molecular complexity index is 1560. The second kappa shape index (κ2) is 9.29. The minimum absolute atomic E-state index is 0.0620. The summed E-state index contributed by atoms with van der Waals surface area (Å²) in [5.74, 6) is -1.05. The number of amides is 1. The van der Waals surface area contributed by atoms with E-state index < -0.39 is 17.7 Å². The number of halogens is 1. The molecule has 1 saturated heterocycles. The van der Waals surface area contributed by atoms with Gasteiger partial charge in [0.1, 0.15) is 17.3 Å². The van der Waals surface area contributed by atoms with Gasteiger partial charge >= 0.3 is 5.91 Å². The van der Waals surface area contributed by atoms with Gasteiger partial charge < -0.3 is 14.6 Å². The van der Waals surface area contributed by atoms with Crippen LogP contribution < -0.4 is 14.4 Å². The average Bonchev–Trinajstić information content (AvgIpc) is 3.41. The van der Waals surface area contributed by atoms with Crippen molar-refractivity contribution in [2.75, 3.05) is 19.1 Å². The summed E-state index contributed by atoms with van der Waals surface area (Å²) in [5.41, 5.74) is 2.59. The van der Waals surface area contributed by atoms with E-state index in [1.165, 1.54) is 36.5 Å². The summed E-state index contributed by atoms with van der Waals surface area (Å²) >= 11 is 7.46. The molecule has 1 N–H and O–H groups in total. The molecule has 0 saturated carbocycles. The summed E-state index contributed by atoms with van der Waals surface area (Å²) in [4.78, 5) is 32.8. The lowest BCUT2D eigenvalue weighted by molar-refractivity contribution is -0.132. The van der Waals surface area contributed by atoms with Crippen LogP contribution in [0.2, 0.25) is 5.02 Å². The molecule has 0 spiro atoms. The number of anilines is 1. The molecule has 2 heterocycles. The monoisotopic (exact) mass is 520 g/mol. The molecule has 1 amide bonds. The van der Waals surface area contributed by atoms with Crippen molar-refractivity contribution >= 4 is 55.7 Å². The van der Waals surface area contributed by atoms with Gasteiger partial charge in [0.25, 0.3) is 5.78 Å². The maximum atomic E-state index is 13.4. The topological polar surface area (TPSA) is 89.0 Å². The molecule has 1 atom stereocenters. The van der Waals surface area contributed by atoms with Crippen LogP contribution in [0.3, 0.4) is 0 Å². The van der Waals surface area contributed by atoms with E-state index in [2.05, 4.69) is 4.98 Å². The first-order valence-corrected chi connectivity index (χ1v) is 12.2. The lowest BCUT2D eigenvalue weighted by atomic mass is 9.95. The number of aliphatic hydroxyl groups is 1. The Hall–Kier alpha value is -3.88. The summed E-state index contributed by atoms with van der Waals surface area (Å²) < 4.78 is 11.5. The van der Waals surface area contributed by atoms with E-state index in [1.807, 2.05) is 25.1 Å². The van der Waals surface area contributed by atoms with Crippen molar-refractivity contribution in [3.05, 3.63) is 87.9 Å². The molecule has 1 aliphatic rings.